The van der Waals surface area contributed by atoms with Gasteiger partial charge in [-0.15, -0.1) is 0 Å². The summed E-state index contributed by atoms with van der Waals surface area (Å²) in [4.78, 5) is 11.9. The van der Waals surface area contributed by atoms with Crippen molar-refractivity contribution in [2.24, 2.45) is 0 Å². The Hall–Kier alpha value is -2.46. The molecule has 0 unspecified atom stereocenters. The number of rotatable bonds is 5. The van der Waals surface area contributed by atoms with Crippen molar-refractivity contribution in [2.45, 2.75) is 18.0 Å². The highest BCUT2D eigenvalue weighted by atomic mass is 32.2. The van der Waals surface area contributed by atoms with E-state index in [1.165, 1.54) is 19.1 Å². The molecule has 146 valence electrons. The Morgan fingerprint density at radius 2 is 1.78 bits per heavy atom. The summed E-state index contributed by atoms with van der Waals surface area (Å²) in [6.07, 6.45) is -4.67. The third kappa shape index (κ3) is 4.83. The number of aryl methyl sites for hydroxylation is 1. The minimum absolute atomic E-state index is 0.143. The predicted octanol–water partition coefficient (Wildman–Crippen LogP) is 3.41. The molecule has 0 saturated carbocycles. The zero-order valence-electron chi connectivity index (χ0n) is 14.3. The van der Waals surface area contributed by atoms with Crippen molar-refractivity contribution in [1.29, 1.82) is 0 Å². The minimum Gasteiger partial charge on any atom is -0.324 e. The molecule has 2 aromatic carbocycles. The highest BCUT2D eigenvalue weighted by Crippen LogP contribution is 2.34. The van der Waals surface area contributed by atoms with Crippen LogP contribution in [0.4, 0.5) is 23.2 Å². The fourth-order valence-corrected chi connectivity index (χ4v) is 3.72. The Morgan fingerprint density at radius 3 is 2.37 bits per heavy atom. The summed E-state index contributed by atoms with van der Waals surface area (Å²) in [5, 5.41) is 2.07. The van der Waals surface area contributed by atoms with Gasteiger partial charge in [-0.25, -0.2) is 12.8 Å². The van der Waals surface area contributed by atoms with Gasteiger partial charge in [-0.1, -0.05) is 12.1 Å². The van der Waals surface area contributed by atoms with Crippen LogP contribution in [-0.2, 0) is 21.0 Å². The van der Waals surface area contributed by atoms with Crippen molar-refractivity contribution in [1.82, 2.24) is 4.31 Å². The van der Waals surface area contributed by atoms with E-state index in [2.05, 4.69) is 5.32 Å². The zero-order valence-corrected chi connectivity index (χ0v) is 15.2. The van der Waals surface area contributed by atoms with Crippen LogP contribution >= 0.6 is 0 Å². The van der Waals surface area contributed by atoms with Crippen LogP contribution in [0.5, 0.6) is 0 Å². The van der Waals surface area contributed by atoms with Gasteiger partial charge >= 0.3 is 6.18 Å². The number of benzene rings is 2. The van der Waals surface area contributed by atoms with E-state index in [0.29, 0.717) is 4.31 Å². The van der Waals surface area contributed by atoms with Gasteiger partial charge in [0.25, 0.3) is 0 Å². The molecule has 0 aliphatic rings. The van der Waals surface area contributed by atoms with Crippen LogP contribution in [-0.4, -0.2) is 32.2 Å². The summed E-state index contributed by atoms with van der Waals surface area (Å²) in [6, 6.07) is 7.41. The van der Waals surface area contributed by atoms with Crippen LogP contribution in [0.1, 0.15) is 11.1 Å². The second-order valence-electron chi connectivity index (χ2n) is 5.76. The SMILES string of the molecule is Cc1cc(F)ccc1S(=O)(=O)N(C)CC(=O)Nc1ccccc1C(F)(F)F. The summed E-state index contributed by atoms with van der Waals surface area (Å²) >= 11 is 0. The molecule has 2 rings (SSSR count). The number of nitrogens with one attached hydrogen (secondary N) is 1. The fraction of sp³-hybridized carbons (Fsp3) is 0.235. The van der Waals surface area contributed by atoms with Crippen LogP contribution in [0.25, 0.3) is 0 Å². The Bertz CT molecular complexity index is 959. The quantitative estimate of drug-likeness (QED) is 0.777. The van der Waals surface area contributed by atoms with Gasteiger partial charge < -0.3 is 5.32 Å². The summed E-state index contributed by atoms with van der Waals surface area (Å²) in [7, 11) is -3.02. The molecule has 0 aliphatic carbocycles. The fourth-order valence-electron chi connectivity index (χ4n) is 2.39. The molecule has 0 aliphatic heterocycles. The molecular weight excluding hydrogens is 388 g/mol. The number of anilines is 1. The third-order valence-corrected chi connectivity index (χ3v) is 5.66. The van der Waals surface area contributed by atoms with Crippen molar-refractivity contribution >= 4 is 21.6 Å². The highest BCUT2D eigenvalue weighted by Gasteiger charge is 2.34. The van der Waals surface area contributed by atoms with Crippen LogP contribution < -0.4 is 5.32 Å². The van der Waals surface area contributed by atoms with E-state index in [4.69, 9.17) is 0 Å². The molecule has 2 aromatic rings. The zero-order chi connectivity index (χ0) is 20.4. The molecule has 0 saturated heterocycles. The number of amides is 1. The summed E-state index contributed by atoms with van der Waals surface area (Å²) < 4.78 is 77.8. The maximum Gasteiger partial charge on any atom is 0.418 e. The molecule has 0 heterocycles. The van der Waals surface area contributed by atoms with E-state index < -0.39 is 45.7 Å². The topological polar surface area (TPSA) is 66.5 Å². The molecular formula is C17H16F4N2O3S. The minimum atomic E-state index is -4.67. The summed E-state index contributed by atoms with van der Waals surface area (Å²) in [5.74, 6) is -1.56. The highest BCUT2D eigenvalue weighted by molar-refractivity contribution is 7.89. The number of sulfonamides is 1. The standard InChI is InChI=1S/C17H16F4N2O3S/c1-11-9-12(18)7-8-15(11)27(25,26)23(2)10-16(24)22-14-6-4-3-5-13(14)17(19,20)21/h3-9H,10H2,1-2H3,(H,22,24). The molecule has 0 aromatic heterocycles. The number of likely N-dealkylation sites (N-methyl/N-ethyl adjacent to an activating group) is 1. The number of para-hydroxylation sites is 1. The van der Waals surface area contributed by atoms with Crippen molar-refractivity contribution in [3.63, 3.8) is 0 Å². The van der Waals surface area contributed by atoms with Crippen molar-refractivity contribution in [3.8, 4) is 0 Å². The number of alkyl halides is 3. The first-order valence-corrected chi connectivity index (χ1v) is 9.05. The summed E-state index contributed by atoms with van der Waals surface area (Å²) in [5.41, 5.74) is -1.37. The molecule has 0 atom stereocenters. The van der Waals surface area contributed by atoms with E-state index in [9.17, 15) is 30.8 Å². The van der Waals surface area contributed by atoms with Crippen molar-refractivity contribution < 1.29 is 30.8 Å². The van der Waals surface area contributed by atoms with Gasteiger partial charge in [0.2, 0.25) is 15.9 Å². The normalized spacial score (nSPS) is 12.3. The lowest BCUT2D eigenvalue weighted by Gasteiger charge is -2.19. The van der Waals surface area contributed by atoms with E-state index >= 15 is 0 Å². The Labute approximate surface area is 153 Å². The third-order valence-electron chi connectivity index (χ3n) is 3.70. The first kappa shape index (κ1) is 20.8. The number of nitrogens with zero attached hydrogens (tertiary/aromatic N) is 1. The number of hydrogen-bond acceptors (Lipinski definition) is 3. The van der Waals surface area contributed by atoms with Crippen molar-refractivity contribution in [3.05, 3.63) is 59.4 Å². The predicted molar refractivity (Wildman–Crippen MR) is 91.0 cm³/mol. The number of carbonyl (C=O) groups excluding carboxylic acids is 1. The molecule has 0 spiro atoms. The molecule has 0 bridgehead atoms. The molecule has 27 heavy (non-hydrogen) atoms. The molecule has 10 heteroatoms. The van der Waals surface area contributed by atoms with Crippen LogP contribution in [0.2, 0.25) is 0 Å². The van der Waals surface area contributed by atoms with Gasteiger partial charge in [-0.05, 0) is 42.8 Å². The smallest absolute Gasteiger partial charge is 0.324 e. The molecule has 0 radical (unpaired) electrons. The van der Waals surface area contributed by atoms with E-state index in [0.717, 1.165) is 37.4 Å². The molecule has 1 N–H and O–H groups in total. The Kier molecular flexibility index (Phi) is 5.91. The lowest BCUT2D eigenvalue weighted by molar-refractivity contribution is -0.137. The average Bonchev–Trinajstić information content (AvgIpc) is 2.53. The van der Waals surface area contributed by atoms with E-state index in [-0.39, 0.29) is 10.5 Å². The van der Waals surface area contributed by atoms with Gasteiger partial charge in [-0.2, -0.15) is 17.5 Å². The second kappa shape index (κ2) is 7.65. The Balaban J connectivity index is 2.19. The molecule has 5 nitrogen and oxygen atoms in total. The van der Waals surface area contributed by atoms with Gasteiger partial charge in [0.05, 0.1) is 22.7 Å². The average molecular weight is 404 g/mol. The summed E-state index contributed by atoms with van der Waals surface area (Å²) in [6.45, 7) is 0.675. The number of carbonyl (C=O) groups is 1. The largest absolute Gasteiger partial charge is 0.418 e. The first-order valence-electron chi connectivity index (χ1n) is 7.61. The lowest BCUT2D eigenvalue weighted by atomic mass is 10.1. The van der Waals surface area contributed by atoms with Crippen LogP contribution in [0.3, 0.4) is 0 Å². The van der Waals surface area contributed by atoms with Gasteiger partial charge in [0.1, 0.15) is 5.82 Å². The number of halogens is 4. The van der Waals surface area contributed by atoms with E-state index in [1.807, 2.05) is 0 Å². The maximum atomic E-state index is 13.2. The van der Waals surface area contributed by atoms with E-state index in [1.54, 1.807) is 0 Å². The second-order valence-corrected chi connectivity index (χ2v) is 7.78. The van der Waals surface area contributed by atoms with Crippen molar-refractivity contribution in [2.75, 3.05) is 18.9 Å². The Morgan fingerprint density at radius 1 is 1.15 bits per heavy atom. The first-order chi connectivity index (χ1) is 12.4. The van der Waals surface area contributed by atoms with Gasteiger partial charge in [0.15, 0.2) is 0 Å². The van der Waals surface area contributed by atoms with Gasteiger partial charge in [-0.3, -0.25) is 4.79 Å². The van der Waals surface area contributed by atoms with Crippen LogP contribution in [0, 0.1) is 12.7 Å². The lowest BCUT2D eigenvalue weighted by Crippen LogP contribution is -2.35. The van der Waals surface area contributed by atoms with Crippen LogP contribution in [0.15, 0.2) is 47.4 Å². The van der Waals surface area contributed by atoms with Gasteiger partial charge in [0, 0.05) is 7.05 Å². The molecule has 1 amide bonds. The monoisotopic (exact) mass is 404 g/mol. The maximum absolute atomic E-state index is 13.2. The molecule has 0 fully saturated rings. The number of hydrogen-bond donors (Lipinski definition) is 1.